The number of aromatic amines is 1. The predicted octanol–water partition coefficient (Wildman–Crippen LogP) is 2.68. The maximum atomic E-state index is 11.4. The molecule has 0 bridgehead atoms. The van der Waals surface area contributed by atoms with E-state index in [1.165, 1.54) is 37.6 Å². The fourth-order valence-corrected chi connectivity index (χ4v) is 2.47. The highest BCUT2D eigenvalue weighted by Crippen LogP contribution is 2.20. The van der Waals surface area contributed by atoms with Crippen LogP contribution in [0.4, 0.5) is 5.82 Å². The summed E-state index contributed by atoms with van der Waals surface area (Å²) in [6.07, 6.45) is 9.91. The Bertz CT molecular complexity index is 467. The summed E-state index contributed by atoms with van der Waals surface area (Å²) in [5.74, 6) is 0.686. The lowest BCUT2D eigenvalue weighted by atomic mass is 9.97. The Morgan fingerprint density at radius 1 is 1.47 bits per heavy atom. The summed E-state index contributed by atoms with van der Waals surface area (Å²) in [7, 11) is 0. The fraction of sp³-hybridized carbons (Fsp3) is 0.500. The molecule has 0 aliphatic heterocycles. The lowest BCUT2D eigenvalue weighted by Crippen LogP contribution is -2.15. The van der Waals surface area contributed by atoms with E-state index in [2.05, 4.69) is 21.4 Å². The largest absolute Gasteiger partial charge is 0.369 e. The molecule has 2 N–H and O–H groups in total. The Morgan fingerprint density at radius 2 is 2.35 bits per heavy atom. The van der Waals surface area contributed by atoms with Gasteiger partial charge in [0.1, 0.15) is 9.39 Å². The SMILES string of the molecule is O=c1[nH]cnc(NCCC2=CCCCC2)c1I. The molecule has 1 aliphatic rings. The molecule has 0 aromatic carbocycles. The molecule has 2 rings (SSSR count). The molecule has 1 aliphatic carbocycles. The van der Waals surface area contributed by atoms with Gasteiger partial charge in [0.05, 0.1) is 6.33 Å². The molecule has 92 valence electrons. The van der Waals surface area contributed by atoms with Crippen LogP contribution >= 0.6 is 22.6 Å². The van der Waals surface area contributed by atoms with Crippen molar-refractivity contribution >= 4 is 28.4 Å². The third-order valence-corrected chi connectivity index (χ3v) is 3.92. The molecule has 4 nitrogen and oxygen atoms in total. The van der Waals surface area contributed by atoms with Crippen LogP contribution in [-0.2, 0) is 0 Å². The van der Waals surface area contributed by atoms with Crippen LogP contribution in [0.25, 0.3) is 0 Å². The van der Waals surface area contributed by atoms with Crippen LogP contribution in [0.3, 0.4) is 0 Å². The minimum absolute atomic E-state index is 0.0834. The molecule has 5 heteroatoms. The van der Waals surface area contributed by atoms with E-state index in [4.69, 9.17) is 0 Å². The Balaban J connectivity index is 1.87. The van der Waals surface area contributed by atoms with E-state index >= 15 is 0 Å². The molecule has 0 unspecified atom stereocenters. The van der Waals surface area contributed by atoms with Crippen molar-refractivity contribution in [1.82, 2.24) is 9.97 Å². The number of aromatic nitrogens is 2. The molecule has 1 heterocycles. The van der Waals surface area contributed by atoms with Crippen molar-refractivity contribution in [2.75, 3.05) is 11.9 Å². The summed E-state index contributed by atoms with van der Waals surface area (Å²) in [6, 6.07) is 0. The molecule has 17 heavy (non-hydrogen) atoms. The van der Waals surface area contributed by atoms with Gasteiger partial charge in [-0.25, -0.2) is 4.98 Å². The van der Waals surface area contributed by atoms with Crippen molar-refractivity contribution in [3.63, 3.8) is 0 Å². The standard InChI is InChI=1S/C12H16IN3O/c13-10-11(15-8-16-12(10)17)14-7-6-9-4-2-1-3-5-9/h4,8H,1-3,5-7H2,(H2,14,15,16,17). The number of halogens is 1. The van der Waals surface area contributed by atoms with Crippen molar-refractivity contribution < 1.29 is 0 Å². The van der Waals surface area contributed by atoms with Gasteiger partial charge in [0.15, 0.2) is 0 Å². The highest BCUT2D eigenvalue weighted by Gasteiger charge is 2.06. The van der Waals surface area contributed by atoms with Crippen molar-refractivity contribution in [3.8, 4) is 0 Å². The first-order valence-electron chi connectivity index (χ1n) is 5.92. The first kappa shape index (κ1) is 12.6. The highest BCUT2D eigenvalue weighted by atomic mass is 127. The van der Waals surface area contributed by atoms with Crippen LogP contribution < -0.4 is 10.9 Å². The second-order valence-electron chi connectivity index (χ2n) is 4.18. The van der Waals surface area contributed by atoms with Crippen LogP contribution in [0, 0.1) is 3.57 Å². The maximum absolute atomic E-state index is 11.4. The summed E-state index contributed by atoms with van der Waals surface area (Å²) >= 11 is 2.02. The van der Waals surface area contributed by atoms with Gasteiger partial charge in [-0.1, -0.05) is 11.6 Å². The first-order chi connectivity index (χ1) is 8.27. The van der Waals surface area contributed by atoms with E-state index in [0.717, 1.165) is 13.0 Å². The second kappa shape index (κ2) is 6.18. The van der Waals surface area contributed by atoms with Crippen LogP contribution in [0.2, 0.25) is 0 Å². The normalized spacial score (nSPS) is 15.5. The minimum Gasteiger partial charge on any atom is -0.369 e. The first-order valence-corrected chi connectivity index (χ1v) is 7.00. The van der Waals surface area contributed by atoms with Gasteiger partial charge in [0.2, 0.25) is 0 Å². The Labute approximate surface area is 114 Å². The third kappa shape index (κ3) is 3.55. The molecule has 0 spiro atoms. The summed E-state index contributed by atoms with van der Waals surface area (Å²) in [5.41, 5.74) is 1.45. The topological polar surface area (TPSA) is 57.8 Å². The zero-order valence-electron chi connectivity index (χ0n) is 9.63. The molecular weight excluding hydrogens is 329 g/mol. The summed E-state index contributed by atoms with van der Waals surface area (Å²) in [5, 5.41) is 3.22. The third-order valence-electron chi connectivity index (χ3n) is 2.92. The van der Waals surface area contributed by atoms with E-state index in [1.54, 1.807) is 0 Å². The lowest BCUT2D eigenvalue weighted by Gasteiger charge is -2.13. The average Bonchev–Trinajstić information content (AvgIpc) is 2.36. The van der Waals surface area contributed by atoms with E-state index in [1.807, 2.05) is 22.6 Å². The Morgan fingerprint density at radius 3 is 3.12 bits per heavy atom. The minimum atomic E-state index is -0.0834. The zero-order chi connectivity index (χ0) is 12.1. The number of allylic oxidation sites excluding steroid dienone is 1. The van der Waals surface area contributed by atoms with Crippen molar-refractivity contribution in [1.29, 1.82) is 0 Å². The Hall–Kier alpha value is -0.850. The predicted molar refractivity (Wildman–Crippen MR) is 77.2 cm³/mol. The van der Waals surface area contributed by atoms with Gasteiger partial charge in [-0.05, 0) is 54.7 Å². The van der Waals surface area contributed by atoms with Gasteiger partial charge >= 0.3 is 0 Å². The lowest BCUT2D eigenvalue weighted by molar-refractivity contribution is 0.679. The molecule has 0 saturated carbocycles. The average molecular weight is 345 g/mol. The molecule has 0 fully saturated rings. The van der Waals surface area contributed by atoms with Gasteiger partial charge in [0.25, 0.3) is 5.56 Å². The number of hydrogen-bond donors (Lipinski definition) is 2. The van der Waals surface area contributed by atoms with Gasteiger partial charge < -0.3 is 10.3 Å². The molecule has 1 aromatic heterocycles. The molecule has 0 radical (unpaired) electrons. The quantitative estimate of drug-likeness (QED) is 0.652. The molecule has 0 atom stereocenters. The number of H-pyrrole nitrogens is 1. The van der Waals surface area contributed by atoms with Crippen LogP contribution in [-0.4, -0.2) is 16.5 Å². The van der Waals surface area contributed by atoms with Crippen molar-refractivity contribution in [3.05, 3.63) is 31.9 Å². The highest BCUT2D eigenvalue weighted by molar-refractivity contribution is 14.1. The van der Waals surface area contributed by atoms with E-state index in [-0.39, 0.29) is 5.56 Å². The second-order valence-corrected chi connectivity index (χ2v) is 5.26. The van der Waals surface area contributed by atoms with E-state index in [0.29, 0.717) is 9.39 Å². The van der Waals surface area contributed by atoms with Crippen LogP contribution in [0.15, 0.2) is 22.8 Å². The van der Waals surface area contributed by atoms with Gasteiger partial charge in [-0.3, -0.25) is 4.79 Å². The maximum Gasteiger partial charge on any atom is 0.266 e. The van der Waals surface area contributed by atoms with Gasteiger partial charge in [-0.15, -0.1) is 0 Å². The number of anilines is 1. The summed E-state index contributed by atoms with van der Waals surface area (Å²) in [4.78, 5) is 18.0. The number of rotatable bonds is 4. The van der Waals surface area contributed by atoms with Crippen LogP contribution in [0.1, 0.15) is 32.1 Å². The van der Waals surface area contributed by atoms with E-state index < -0.39 is 0 Å². The molecular formula is C12H16IN3O. The monoisotopic (exact) mass is 345 g/mol. The molecule has 0 amide bonds. The van der Waals surface area contributed by atoms with Crippen molar-refractivity contribution in [2.45, 2.75) is 32.1 Å². The number of nitrogens with zero attached hydrogens (tertiary/aromatic N) is 1. The van der Waals surface area contributed by atoms with Gasteiger partial charge in [-0.2, -0.15) is 0 Å². The fourth-order valence-electron chi connectivity index (χ4n) is 1.98. The van der Waals surface area contributed by atoms with Crippen molar-refractivity contribution in [2.24, 2.45) is 0 Å². The summed E-state index contributed by atoms with van der Waals surface area (Å²) < 4.78 is 0.628. The van der Waals surface area contributed by atoms with Gasteiger partial charge in [0, 0.05) is 6.54 Å². The zero-order valence-corrected chi connectivity index (χ0v) is 11.8. The molecule has 0 saturated heterocycles. The Kier molecular flexibility index (Phi) is 4.58. The molecule has 1 aromatic rings. The van der Waals surface area contributed by atoms with E-state index in [9.17, 15) is 4.79 Å². The van der Waals surface area contributed by atoms with Crippen LogP contribution in [0.5, 0.6) is 0 Å². The summed E-state index contributed by atoms with van der Waals surface area (Å²) in [6.45, 7) is 0.846. The number of nitrogens with one attached hydrogen (secondary N) is 2. The smallest absolute Gasteiger partial charge is 0.266 e. The number of hydrogen-bond acceptors (Lipinski definition) is 3.